The predicted molar refractivity (Wildman–Crippen MR) is 511 cm³/mol. The number of H-pyrrole nitrogens is 1. The highest BCUT2D eigenvalue weighted by atomic mass is 32.1. The quantitative estimate of drug-likeness (QED) is 0.164. The van der Waals surface area contributed by atoms with Crippen LogP contribution in [0.25, 0.3) is 175 Å². The summed E-state index contributed by atoms with van der Waals surface area (Å²) < 4.78 is 11.1. The van der Waals surface area contributed by atoms with Gasteiger partial charge in [-0.05, 0) is 248 Å². The fraction of sp³-hybridized carbons (Fsp3) is 0.0609. The third-order valence-electron chi connectivity index (χ3n) is 26.0. The van der Waals surface area contributed by atoms with Crippen LogP contribution in [0.2, 0.25) is 0 Å². The molecule has 0 atom stereocenters. The molecule has 7 heterocycles. The van der Waals surface area contributed by atoms with E-state index in [0.717, 1.165) is 62.0 Å². The minimum absolute atomic E-state index is 0.933. The zero-order chi connectivity index (χ0) is 80.3. The van der Waals surface area contributed by atoms with Crippen LogP contribution in [0.1, 0.15) is 77.5 Å². The molecule has 30 rings (SSSR count). The van der Waals surface area contributed by atoms with Crippen LogP contribution in [-0.2, 0) is 44.9 Å². The maximum atomic E-state index is 5.61. The lowest BCUT2D eigenvalue weighted by molar-refractivity contribution is 0.525. The molecule has 1 N–H and O–H groups in total. The number of fused-ring (bicyclic) bond motifs is 37. The van der Waals surface area contributed by atoms with Crippen molar-refractivity contribution in [2.75, 3.05) is 0 Å². The molecule has 122 heavy (non-hydrogen) atoms. The van der Waals surface area contributed by atoms with Crippen molar-refractivity contribution in [1.82, 2.24) is 15.0 Å². The Labute approximate surface area is 713 Å². The zero-order valence-electron chi connectivity index (χ0n) is 66.8. The first kappa shape index (κ1) is 71.5. The molecule has 0 aliphatic heterocycles. The monoisotopic (exact) mass is 1600 g/mol. The summed E-state index contributed by atoms with van der Waals surface area (Å²) in [6.07, 6.45) is 16.7. The molecule has 7 aromatic heterocycles. The molecule has 0 amide bonds. The first-order chi connectivity index (χ1) is 60.5. The smallest absolute Gasteiger partial charge is 0.138 e. The van der Waals surface area contributed by atoms with Crippen molar-refractivity contribution in [3.05, 3.63) is 453 Å². The lowest BCUT2D eigenvalue weighted by Crippen LogP contribution is -1.87. The number of aromatic nitrogens is 3. The van der Waals surface area contributed by atoms with Gasteiger partial charge < -0.3 is 13.8 Å². The Morgan fingerprint density at radius 3 is 1.34 bits per heavy atom. The zero-order valence-corrected chi connectivity index (χ0v) is 68.4. The lowest BCUT2D eigenvalue weighted by atomic mass is 9.97. The summed E-state index contributed by atoms with van der Waals surface area (Å²) in [5.41, 5.74) is 34.5. The minimum Gasteiger partial charge on any atom is -0.468 e. The number of pyridine rings is 2. The van der Waals surface area contributed by atoms with Crippen molar-refractivity contribution < 1.29 is 8.83 Å². The van der Waals surface area contributed by atoms with Crippen LogP contribution in [0.15, 0.2) is 384 Å². The van der Waals surface area contributed by atoms with Crippen LogP contribution in [0.3, 0.4) is 0 Å². The van der Waals surface area contributed by atoms with E-state index in [4.69, 9.17) is 13.8 Å². The molecule has 0 unspecified atom stereocenters. The van der Waals surface area contributed by atoms with E-state index in [-0.39, 0.29) is 0 Å². The molecule has 16 aromatic carbocycles. The fourth-order valence-electron chi connectivity index (χ4n) is 20.3. The maximum absolute atomic E-state index is 5.61. The van der Waals surface area contributed by atoms with Gasteiger partial charge in [0.1, 0.15) is 11.5 Å². The number of furan rings is 2. The van der Waals surface area contributed by atoms with Crippen LogP contribution in [0.4, 0.5) is 0 Å². The van der Waals surface area contributed by atoms with Crippen molar-refractivity contribution in [2.24, 2.45) is 0 Å². The minimum atomic E-state index is 0.933. The third kappa shape index (κ3) is 12.3. The van der Waals surface area contributed by atoms with Gasteiger partial charge in [-0.3, -0.25) is 9.97 Å². The molecule has 0 saturated carbocycles. The van der Waals surface area contributed by atoms with E-state index in [1.54, 1.807) is 12.5 Å². The second-order valence-corrected chi connectivity index (χ2v) is 34.8. The van der Waals surface area contributed by atoms with E-state index in [1.807, 2.05) is 41.3 Å². The third-order valence-corrected chi connectivity index (χ3v) is 27.9. The van der Waals surface area contributed by atoms with E-state index in [9.17, 15) is 0 Å². The molecule has 0 saturated heterocycles. The number of nitrogens with one attached hydrogen (secondary N) is 1. The second-order valence-electron chi connectivity index (χ2n) is 32.8. The van der Waals surface area contributed by atoms with E-state index in [0.29, 0.717) is 0 Å². The maximum Gasteiger partial charge on any atom is 0.138 e. The van der Waals surface area contributed by atoms with Gasteiger partial charge in [0, 0.05) is 110 Å². The summed E-state index contributed by atoms with van der Waals surface area (Å²) in [4.78, 5) is 15.5. The number of rotatable bonds is 0. The number of aromatic amines is 1. The Kier molecular flexibility index (Phi) is 17.4. The molecule has 0 fully saturated rings. The molecular weight excluding hydrogens is 1520 g/mol. The van der Waals surface area contributed by atoms with Crippen LogP contribution < -0.4 is 0 Å². The fourth-order valence-corrected chi connectivity index (χ4v) is 22.3. The van der Waals surface area contributed by atoms with Gasteiger partial charge in [-0.25, -0.2) is 0 Å². The Morgan fingerprint density at radius 2 is 0.721 bits per heavy atom. The van der Waals surface area contributed by atoms with Gasteiger partial charge in [-0.2, -0.15) is 0 Å². The summed E-state index contributed by atoms with van der Waals surface area (Å²) in [5, 5.41) is 26.8. The number of hydrogen-bond acceptors (Lipinski definition) is 6. The van der Waals surface area contributed by atoms with Gasteiger partial charge >= 0.3 is 0 Å². The molecule has 0 spiro atoms. The molecule has 7 aliphatic carbocycles. The van der Waals surface area contributed by atoms with Crippen molar-refractivity contribution in [3.63, 3.8) is 0 Å². The van der Waals surface area contributed by atoms with Crippen molar-refractivity contribution in [1.29, 1.82) is 0 Å². The Hall–Kier alpha value is -14.6. The number of thiophene rings is 2. The van der Waals surface area contributed by atoms with Crippen molar-refractivity contribution in [2.45, 2.75) is 44.9 Å². The summed E-state index contributed by atoms with van der Waals surface area (Å²) >= 11 is 3.75. The molecule has 0 radical (unpaired) electrons. The highest BCUT2D eigenvalue weighted by molar-refractivity contribution is 7.14. The van der Waals surface area contributed by atoms with Crippen LogP contribution in [0, 0.1) is 0 Å². The molecule has 5 nitrogen and oxygen atoms in total. The normalized spacial score (nSPS) is 12.7. The van der Waals surface area contributed by atoms with Crippen molar-refractivity contribution in [3.8, 4) is 77.5 Å². The van der Waals surface area contributed by atoms with E-state index in [2.05, 4.69) is 354 Å². The molecule has 0 bridgehead atoms. The van der Waals surface area contributed by atoms with Crippen molar-refractivity contribution >= 4 is 120 Å². The summed E-state index contributed by atoms with van der Waals surface area (Å²) in [6, 6.07) is 120. The second kappa shape index (κ2) is 29.7. The highest BCUT2D eigenvalue weighted by Crippen LogP contribution is 2.50. The van der Waals surface area contributed by atoms with E-state index >= 15 is 0 Å². The van der Waals surface area contributed by atoms with E-state index < -0.39 is 0 Å². The van der Waals surface area contributed by atoms with Gasteiger partial charge in [0.2, 0.25) is 0 Å². The van der Waals surface area contributed by atoms with Gasteiger partial charge in [0.05, 0.1) is 23.7 Å². The lowest BCUT2D eigenvalue weighted by Gasteiger charge is -2.07. The average molecular weight is 1600 g/mol. The number of hydrogen-bond donors (Lipinski definition) is 1. The number of nitrogens with zero attached hydrogens (tertiary/aromatic N) is 2. The van der Waals surface area contributed by atoms with Crippen LogP contribution in [-0.4, -0.2) is 15.0 Å². The van der Waals surface area contributed by atoms with Crippen LogP contribution in [0.5, 0.6) is 0 Å². The first-order valence-corrected chi connectivity index (χ1v) is 44.0. The van der Waals surface area contributed by atoms with Gasteiger partial charge in [-0.15, -0.1) is 22.7 Å². The van der Waals surface area contributed by atoms with Crippen LogP contribution >= 0.6 is 22.7 Å². The average Bonchev–Trinajstić information content (AvgIpc) is 1.59. The van der Waals surface area contributed by atoms with Gasteiger partial charge in [0.25, 0.3) is 0 Å². The molecule has 7 heteroatoms. The molecule has 576 valence electrons. The number of benzene rings is 16. The molecule has 23 aromatic rings. The topological polar surface area (TPSA) is 67.8 Å². The summed E-state index contributed by atoms with van der Waals surface area (Å²) in [6.45, 7) is 0. The Bertz CT molecular complexity index is 7280. The molecular formula is C115H77N3O2S2. The van der Waals surface area contributed by atoms with Gasteiger partial charge in [-0.1, -0.05) is 279 Å². The summed E-state index contributed by atoms with van der Waals surface area (Å²) in [7, 11) is 0. The predicted octanol–water partition coefficient (Wildman–Crippen LogP) is 30.6. The highest BCUT2D eigenvalue weighted by Gasteiger charge is 2.29. The number of para-hydroxylation sites is 1. The molecule has 7 aliphatic rings. The Morgan fingerprint density at radius 1 is 0.270 bits per heavy atom. The SMILES string of the molecule is c1ccc2c3c(ccc2c1)Cc1cc2ccncc2cc1-3.c1ccc2c3c(ccc2c1)Cc1cc[nH]c1-3.c1ccc2c3c(ccc2c1)Cc1ccoc1-3.c1ccc2c3c(ccc2c1)Cc1ccsc1-3.c1ccc2c3c(ccc2c1)Cc1occc1-3.c1ccc2c3c(ccc2c1)Cc1sccc1-3.c1ccc2nc3c(cc2c1)-c1c(ccc2ccccc12)C3. The summed E-state index contributed by atoms with van der Waals surface area (Å²) in [5.74, 6) is 2.16. The standard InChI is InChI=1S/2C20H13N.C15H11N.2C15H10O.2C15H10S/c1-3-7-16-13(5-1)9-10-15-12-19-17(20(15)16)11-14-6-2-4-8-18(14)21-19;1-2-4-18-13(3-1)5-6-15-10-16-9-14-7-8-21-12-17(14)11-19(16)20(15)18;2*1-2-4-13-10(3-1)5-6-11-9-12-7-8-16-15(12)14(11)13;1-2-4-12-10(3-1)5-6-11-9-14-13(15(11)12)7-8-16-14;1-2-4-13-10(3-1)5-6-11-9-12-7-8-16-15(12)14(11)13;1-2-4-12-10(3-1)5-6-11-9-14-13(15(11)12)7-8-16-14/h1-11H,12H2;1-9,11-12H,10H2;1-8,16H,9H2;4*1-8H,9H2. The first-order valence-electron chi connectivity index (χ1n) is 42.2. The van der Waals surface area contributed by atoms with E-state index in [1.165, 1.54) is 235 Å². The van der Waals surface area contributed by atoms with Gasteiger partial charge in [0.15, 0.2) is 0 Å². The Balaban J connectivity index is 0.0000000807. The largest absolute Gasteiger partial charge is 0.468 e.